The molecule has 0 aliphatic rings. The number of carbonyl (C=O) groups is 3. The van der Waals surface area contributed by atoms with Gasteiger partial charge in [0.1, 0.15) is 5.75 Å². The van der Waals surface area contributed by atoms with Gasteiger partial charge in [0.15, 0.2) is 5.78 Å². The lowest BCUT2D eigenvalue weighted by Gasteiger charge is -2.08. The molecule has 0 heterocycles. The first kappa shape index (κ1) is 17.7. The Labute approximate surface area is 144 Å². The van der Waals surface area contributed by atoms with Gasteiger partial charge in [-0.15, -0.1) is 0 Å². The Morgan fingerprint density at radius 3 is 2.58 bits per heavy atom. The van der Waals surface area contributed by atoms with E-state index < -0.39 is 23.9 Å². The van der Waals surface area contributed by atoms with Crippen molar-refractivity contribution < 1.29 is 19.1 Å². The highest BCUT2D eigenvalue weighted by Gasteiger charge is 2.20. The molecule has 0 fully saturated rings. The highest BCUT2D eigenvalue weighted by atomic mass is 35.5. The summed E-state index contributed by atoms with van der Waals surface area (Å²) in [5.41, 5.74) is 1.52. The number of amides is 1. The second-order valence-corrected chi connectivity index (χ2v) is 5.60. The third kappa shape index (κ3) is 4.43. The fraction of sp³-hybridized carbons (Fsp3) is 0.167. The normalized spacial score (nSPS) is 10.1. The fourth-order valence-electron chi connectivity index (χ4n) is 2.05. The van der Waals surface area contributed by atoms with E-state index in [-0.39, 0.29) is 0 Å². The maximum absolute atomic E-state index is 12.1. The number of aryl methyl sites for hydroxylation is 1. The summed E-state index contributed by atoms with van der Waals surface area (Å²) in [6, 6.07) is 11.4. The van der Waals surface area contributed by atoms with Crippen LogP contribution in [0.5, 0.6) is 5.75 Å². The van der Waals surface area contributed by atoms with Crippen LogP contribution in [0, 0.1) is 6.92 Å². The molecule has 2 aromatic rings. The molecule has 2 aromatic carbocycles. The van der Waals surface area contributed by atoms with Crippen molar-refractivity contribution in [2.75, 3.05) is 12.4 Å². The monoisotopic (exact) mass is 345 g/mol. The second kappa shape index (κ2) is 7.75. The number of carbonyl (C=O) groups excluding carboxylic acids is 3. The smallest absolute Gasteiger partial charge is 0.292 e. The topological polar surface area (TPSA) is 72.5 Å². The van der Waals surface area contributed by atoms with Crippen LogP contribution in [-0.2, 0) is 9.59 Å². The number of anilines is 1. The molecule has 1 N–H and O–H groups in total. The van der Waals surface area contributed by atoms with E-state index in [0.717, 1.165) is 5.56 Å². The predicted molar refractivity (Wildman–Crippen MR) is 91.8 cm³/mol. The molecule has 0 atom stereocenters. The van der Waals surface area contributed by atoms with Gasteiger partial charge in [-0.1, -0.05) is 29.8 Å². The van der Waals surface area contributed by atoms with Gasteiger partial charge in [0.05, 0.1) is 13.5 Å². The van der Waals surface area contributed by atoms with E-state index in [0.29, 0.717) is 22.0 Å². The molecule has 0 aliphatic heterocycles. The summed E-state index contributed by atoms with van der Waals surface area (Å²) in [6.45, 7) is 1.78. The fourth-order valence-corrected chi connectivity index (χ4v) is 2.22. The van der Waals surface area contributed by atoms with Gasteiger partial charge >= 0.3 is 0 Å². The largest absolute Gasteiger partial charge is 0.497 e. The molecule has 2 rings (SSSR count). The zero-order chi connectivity index (χ0) is 17.7. The number of hydrogen-bond donors (Lipinski definition) is 1. The number of Topliss-reactive ketones (excluding diaryl/α,β-unsaturated/α-hetero) is 2. The quantitative estimate of drug-likeness (QED) is 0.494. The number of rotatable bonds is 6. The van der Waals surface area contributed by atoms with Crippen LogP contribution in [0.25, 0.3) is 0 Å². The lowest BCUT2D eigenvalue weighted by atomic mass is 10.1. The average Bonchev–Trinajstić information content (AvgIpc) is 2.58. The first-order chi connectivity index (χ1) is 11.4. The summed E-state index contributed by atoms with van der Waals surface area (Å²) in [5.74, 6) is -1.61. The van der Waals surface area contributed by atoms with Gasteiger partial charge in [-0.3, -0.25) is 14.4 Å². The van der Waals surface area contributed by atoms with Crippen LogP contribution in [0.2, 0.25) is 5.02 Å². The second-order valence-electron chi connectivity index (χ2n) is 5.17. The molecule has 0 spiro atoms. The predicted octanol–water partition coefficient (Wildman–Crippen LogP) is 3.44. The Morgan fingerprint density at radius 2 is 1.88 bits per heavy atom. The van der Waals surface area contributed by atoms with Crippen LogP contribution in [0.1, 0.15) is 22.3 Å². The van der Waals surface area contributed by atoms with Gasteiger partial charge in [-0.05, 0) is 36.8 Å². The Morgan fingerprint density at radius 1 is 1.12 bits per heavy atom. The Hall–Kier alpha value is -2.66. The molecule has 0 bridgehead atoms. The van der Waals surface area contributed by atoms with E-state index in [1.165, 1.54) is 13.2 Å². The zero-order valence-corrected chi connectivity index (χ0v) is 14.0. The molecule has 6 heteroatoms. The molecule has 0 saturated heterocycles. The summed E-state index contributed by atoms with van der Waals surface area (Å²) in [4.78, 5) is 36.1. The van der Waals surface area contributed by atoms with Gasteiger partial charge < -0.3 is 10.1 Å². The van der Waals surface area contributed by atoms with E-state index in [1.807, 2.05) is 0 Å². The number of hydrogen-bond acceptors (Lipinski definition) is 4. The van der Waals surface area contributed by atoms with Crippen molar-refractivity contribution >= 4 is 34.8 Å². The summed E-state index contributed by atoms with van der Waals surface area (Å²) in [6.07, 6.45) is -0.515. The standard InChI is InChI=1S/C18H16ClNO4/c1-11-6-7-13(19)9-15(11)20-18(23)17(22)10-16(21)12-4-3-5-14(8-12)24-2/h3-9H,10H2,1-2H3,(H,20,23). The number of benzene rings is 2. The van der Waals surface area contributed by atoms with Crippen molar-refractivity contribution in [2.45, 2.75) is 13.3 Å². The van der Waals surface area contributed by atoms with E-state index in [4.69, 9.17) is 16.3 Å². The molecule has 0 unspecified atom stereocenters. The van der Waals surface area contributed by atoms with Crippen LogP contribution < -0.4 is 10.1 Å². The maximum Gasteiger partial charge on any atom is 0.292 e. The van der Waals surface area contributed by atoms with Crippen LogP contribution in [0.3, 0.4) is 0 Å². The van der Waals surface area contributed by atoms with Crippen LogP contribution in [-0.4, -0.2) is 24.6 Å². The minimum atomic E-state index is -0.850. The van der Waals surface area contributed by atoms with Crippen LogP contribution >= 0.6 is 11.6 Å². The number of methoxy groups -OCH3 is 1. The Balaban J connectivity index is 2.04. The number of halogens is 1. The molecular formula is C18H16ClNO4. The van der Waals surface area contributed by atoms with Gasteiger partial charge in [0.25, 0.3) is 5.91 Å². The Bertz CT molecular complexity index is 801. The van der Waals surface area contributed by atoms with Crippen molar-refractivity contribution in [3.05, 3.63) is 58.6 Å². The van der Waals surface area contributed by atoms with E-state index in [9.17, 15) is 14.4 Å². The van der Waals surface area contributed by atoms with Crippen LogP contribution in [0.4, 0.5) is 5.69 Å². The van der Waals surface area contributed by atoms with Crippen molar-refractivity contribution in [1.29, 1.82) is 0 Å². The van der Waals surface area contributed by atoms with E-state index in [2.05, 4.69) is 5.32 Å². The average molecular weight is 346 g/mol. The molecule has 0 aromatic heterocycles. The van der Waals surface area contributed by atoms with Gasteiger partial charge in [-0.2, -0.15) is 0 Å². The summed E-state index contributed by atoms with van der Waals surface area (Å²) in [7, 11) is 1.48. The molecule has 1 amide bonds. The third-order valence-electron chi connectivity index (χ3n) is 3.41. The number of ether oxygens (including phenoxy) is 1. The Kier molecular flexibility index (Phi) is 5.71. The molecular weight excluding hydrogens is 330 g/mol. The van der Waals surface area contributed by atoms with Gasteiger partial charge in [0, 0.05) is 16.3 Å². The molecule has 0 saturated carbocycles. The van der Waals surface area contributed by atoms with Crippen molar-refractivity contribution in [3.63, 3.8) is 0 Å². The van der Waals surface area contributed by atoms with Crippen molar-refractivity contribution in [3.8, 4) is 5.75 Å². The van der Waals surface area contributed by atoms with E-state index in [1.54, 1.807) is 43.3 Å². The number of ketones is 2. The lowest BCUT2D eigenvalue weighted by Crippen LogP contribution is -2.25. The molecule has 124 valence electrons. The first-order valence-corrected chi connectivity index (χ1v) is 7.56. The SMILES string of the molecule is COc1cccc(C(=O)CC(=O)C(=O)Nc2cc(Cl)ccc2C)c1. The highest BCUT2D eigenvalue weighted by Crippen LogP contribution is 2.20. The summed E-state index contributed by atoms with van der Waals surface area (Å²) >= 11 is 5.87. The third-order valence-corrected chi connectivity index (χ3v) is 3.65. The highest BCUT2D eigenvalue weighted by molar-refractivity contribution is 6.44. The van der Waals surface area contributed by atoms with Crippen LogP contribution in [0.15, 0.2) is 42.5 Å². The lowest BCUT2D eigenvalue weighted by molar-refractivity contribution is -0.134. The van der Waals surface area contributed by atoms with Gasteiger partial charge in [-0.25, -0.2) is 0 Å². The molecule has 0 radical (unpaired) electrons. The number of nitrogens with one attached hydrogen (secondary N) is 1. The molecule has 5 nitrogen and oxygen atoms in total. The minimum Gasteiger partial charge on any atom is -0.497 e. The van der Waals surface area contributed by atoms with Gasteiger partial charge in [0.2, 0.25) is 5.78 Å². The van der Waals surface area contributed by atoms with Crippen molar-refractivity contribution in [2.24, 2.45) is 0 Å². The molecule has 24 heavy (non-hydrogen) atoms. The van der Waals surface area contributed by atoms with Crippen molar-refractivity contribution in [1.82, 2.24) is 0 Å². The zero-order valence-electron chi connectivity index (χ0n) is 13.3. The van der Waals surface area contributed by atoms with E-state index >= 15 is 0 Å². The minimum absolute atomic E-state index is 0.314. The summed E-state index contributed by atoms with van der Waals surface area (Å²) in [5, 5.41) is 2.92. The molecule has 0 aliphatic carbocycles. The summed E-state index contributed by atoms with van der Waals surface area (Å²) < 4.78 is 5.03. The maximum atomic E-state index is 12.1. The first-order valence-electron chi connectivity index (χ1n) is 7.18.